The Morgan fingerprint density at radius 1 is 1.47 bits per heavy atom. The lowest BCUT2D eigenvalue weighted by atomic mass is 10.1. The zero-order valence-electron chi connectivity index (χ0n) is 11.0. The minimum atomic E-state index is -3.50. The van der Waals surface area contributed by atoms with Gasteiger partial charge in [-0.3, -0.25) is 0 Å². The largest absolute Gasteiger partial charge is 0.392 e. The van der Waals surface area contributed by atoms with Gasteiger partial charge >= 0.3 is 0 Å². The minimum Gasteiger partial charge on any atom is -0.392 e. The molecule has 1 aromatic rings. The summed E-state index contributed by atoms with van der Waals surface area (Å²) in [7, 11) is -3.50. The molecule has 1 aromatic carbocycles. The number of aliphatic hydroxyl groups is 1. The van der Waals surface area contributed by atoms with Gasteiger partial charge in [-0.25, -0.2) is 13.1 Å². The average Bonchev–Trinajstić information content (AvgIpc) is 2.94. The Morgan fingerprint density at radius 3 is 2.58 bits per heavy atom. The van der Waals surface area contributed by atoms with Crippen molar-refractivity contribution in [3.63, 3.8) is 0 Å². The summed E-state index contributed by atoms with van der Waals surface area (Å²) >= 11 is 3.24. The molecule has 1 fully saturated rings. The van der Waals surface area contributed by atoms with Gasteiger partial charge in [0.05, 0.1) is 11.5 Å². The van der Waals surface area contributed by atoms with Crippen LogP contribution in [0.15, 0.2) is 27.6 Å². The third-order valence-electron chi connectivity index (χ3n) is 3.71. The second-order valence-electron chi connectivity index (χ2n) is 5.66. The van der Waals surface area contributed by atoms with Gasteiger partial charge in [-0.2, -0.15) is 0 Å². The van der Waals surface area contributed by atoms with Crippen LogP contribution in [0.1, 0.15) is 25.8 Å². The topological polar surface area (TPSA) is 66.4 Å². The zero-order chi connectivity index (χ0) is 14.3. The third kappa shape index (κ3) is 3.37. The number of benzene rings is 1. The molecule has 2 N–H and O–H groups in total. The van der Waals surface area contributed by atoms with Crippen LogP contribution in [0.5, 0.6) is 0 Å². The summed E-state index contributed by atoms with van der Waals surface area (Å²) in [4.78, 5) is 0.211. The molecule has 1 unspecified atom stereocenters. The molecule has 1 aliphatic rings. The van der Waals surface area contributed by atoms with E-state index in [1.807, 2.05) is 0 Å². The van der Waals surface area contributed by atoms with Crippen molar-refractivity contribution >= 4 is 26.0 Å². The summed E-state index contributed by atoms with van der Waals surface area (Å²) in [6.45, 7) is 4.64. The van der Waals surface area contributed by atoms with E-state index in [4.69, 9.17) is 5.11 Å². The highest BCUT2D eigenvalue weighted by Gasteiger charge is 2.45. The molecule has 4 nitrogen and oxygen atoms in total. The zero-order valence-corrected chi connectivity index (χ0v) is 13.4. The summed E-state index contributed by atoms with van der Waals surface area (Å²) in [6.07, 6.45) is 1.06. The molecule has 1 atom stereocenters. The van der Waals surface area contributed by atoms with Crippen molar-refractivity contribution in [3.05, 3.63) is 28.2 Å². The van der Waals surface area contributed by atoms with Crippen molar-refractivity contribution in [1.29, 1.82) is 0 Å². The fourth-order valence-electron chi connectivity index (χ4n) is 2.07. The lowest BCUT2D eigenvalue weighted by Gasteiger charge is -2.10. The molecule has 106 valence electrons. The van der Waals surface area contributed by atoms with Gasteiger partial charge in [0.15, 0.2) is 0 Å². The van der Waals surface area contributed by atoms with Crippen LogP contribution in [-0.4, -0.2) is 20.1 Å². The van der Waals surface area contributed by atoms with Crippen LogP contribution >= 0.6 is 15.9 Å². The molecule has 0 heterocycles. The number of rotatable bonds is 5. The number of sulfonamides is 1. The molecule has 1 aliphatic carbocycles. The van der Waals surface area contributed by atoms with Crippen LogP contribution in [0.4, 0.5) is 0 Å². The van der Waals surface area contributed by atoms with E-state index >= 15 is 0 Å². The monoisotopic (exact) mass is 347 g/mol. The fraction of sp³-hybridized carbons (Fsp3) is 0.538. The van der Waals surface area contributed by atoms with Crippen LogP contribution in [0.3, 0.4) is 0 Å². The molecule has 0 amide bonds. The molecular formula is C13H18BrNO3S. The molecule has 1 saturated carbocycles. The normalized spacial score (nSPS) is 21.4. The molecule has 0 radical (unpaired) electrons. The molecule has 0 aliphatic heterocycles. The van der Waals surface area contributed by atoms with E-state index in [-0.39, 0.29) is 16.9 Å². The first-order chi connectivity index (χ1) is 8.76. The molecule has 0 saturated heterocycles. The lowest BCUT2D eigenvalue weighted by Crippen LogP contribution is -2.27. The van der Waals surface area contributed by atoms with Crippen molar-refractivity contribution in [2.75, 3.05) is 6.54 Å². The van der Waals surface area contributed by atoms with E-state index in [2.05, 4.69) is 34.5 Å². The first-order valence-corrected chi connectivity index (χ1v) is 8.43. The highest BCUT2D eigenvalue weighted by atomic mass is 79.9. The fourth-order valence-corrected chi connectivity index (χ4v) is 4.28. The highest BCUT2D eigenvalue weighted by molar-refractivity contribution is 9.10. The first kappa shape index (κ1) is 15.0. The van der Waals surface area contributed by atoms with Gasteiger partial charge in [0.2, 0.25) is 10.0 Å². The Hall–Kier alpha value is -0.430. The molecule has 0 spiro atoms. The number of aliphatic hydroxyl groups excluding tert-OH is 1. The van der Waals surface area contributed by atoms with Crippen LogP contribution < -0.4 is 4.72 Å². The number of hydrogen-bond donors (Lipinski definition) is 2. The maximum atomic E-state index is 12.2. The second-order valence-corrected chi connectivity index (χ2v) is 8.25. The number of halogens is 1. The van der Waals surface area contributed by atoms with Crippen molar-refractivity contribution in [2.24, 2.45) is 11.3 Å². The van der Waals surface area contributed by atoms with Gasteiger partial charge in [0, 0.05) is 11.0 Å². The van der Waals surface area contributed by atoms with Crippen molar-refractivity contribution in [1.82, 2.24) is 4.72 Å². The van der Waals surface area contributed by atoms with Gasteiger partial charge < -0.3 is 5.11 Å². The summed E-state index contributed by atoms with van der Waals surface area (Å²) < 4.78 is 27.5. The lowest BCUT2D eigenvalue weighted by molar-refractivity contribution is 0.281. The maximum Gasteiger partial charge on any atom is 0.241 e. The Morgan fingerprint density at radius 2 is 2.11 bits per heavy atom. The number of hydrogen-bond acceptors (Lipinski definition) is 3. The van der Waals surface area contributed by atoms with Crippen LogP contribution in [0.25, 0.3) is 0 Å². The van der Waals surface area contributed by atoms with E-state index in [0.717, 1.165) is 6.42 Å². The maximum absolute atomic E-state index is 12.2. The van der Waals surface area contributed by atoms with Crippen molar-refractivity contribution < 1.29 is 13.5 Å². The smallest absolute Gasteiger partial charge is 0.241 e. The predicted octanol–water partition coefficient (Wildman–Crippen LogP) is 2.27. The van der Waals surface area contributed by atoms with Gasteiger partial charge in [-0.1, -0.05) is 19.9 Å². The Labute approximate surface area is 122 Å². The van der Waals surface area contributed by atoms with Gasteiger partial charge in [0.25, 0.3) is 0 Å². The molecule has 2 rings (SSSR count). The Kier molecular flexibility index (Phi) is 4.07. The minimum absolute atomic E-state index is 0.109. The number of nitrogens with one attached hydrogen (secondary N) is 1. The van der Waals surface area contributed by atoms with Gasteiger partial charge in [-0.15, -0.1) is 0 Å². The highest BCUT2D eigenvalue weighted by Crippen LogP contribution is 2.51. The van der Waals surface area contributed by atoms with Crippen LogP contribution in [0, 0.1) is 11.3 Å². The molecule has 19 heavy (non-hydrogen) atoms. The van der Waals surface area contributed by atoms with E-state index < -0.39 is 10.0 Å². The first-order valence-electron chi connectivity index (χ1n) is 6.15. The average molecular weight is 348 g/mol. The summed E-state index contributed by atoms with van der Waals surface area (Å²) in [5, 5.41) is 9.01. The van der Waals surface area contributed by atoms with Crippen LogP contribution in [-0.2, 0) is 16.6 Å². The Bertz CT molecular complexity index is 584. The van der Waals surface area contributed by atoms with Crippen molar-refractivity contribution in [2.45, 2.75) is 31.8 Å². The predicted molar refractivity (Wildman–Crippen MR) is 77.1 cm³/mol. The summed E-state index contributed by atoms with van der Waals surface area (Å²) in [6, 6.07) is 4.74. The van der Waals surface area contributed by atoms with Gasteiger partial charge in [0.1, 0.15) is 0 Å². The van der Waals surface area contributed by atoms with Gasteiger partial charge in [-0.05, 0) is 51.4 Å². The van der Waals surface area contributed by atoms with E-state index in [0.29, 0.717) is 22.5 Å². The quantitative estimate of drug-likeness (QED) is 0.858. The summed E-state index contributed by atoms with van der Waals surface area (Å²) in [5.41, 5.74) is 0.926. The molecule has 0 aromatic heterocycles. The van der Waals surface area contributed by atoms with Crippen LogP contribution in [0.2, 0.25) is 0 Å². The third-order valence-corrected chi connectivity index (χ3v) is 6.11. The molecule has 6 heteroatoms. The second kappa shape index (κ2) is 5.16. The Balaban J connectivity index is 2.11. The standard InChI is InChI=1S/C13H18BrNO3S/c1-13(2)6-10(13)7-15-19(17,18)12-4-3-9(8-16)5-11(12)14/h3-5,10,15-16H,6-8H2,1-2H3. The molecule has 0 bridgehead atoms. The SMILES string of the molecule is CC1(C)CC1CNS(=O)(=O)c1ccc(CO)cc1Br. The van der Waals surface area contributed by atoms with E-state index in [9.17, 15) is 8.42 Å². The van der Waals surface area contributed by atoms with Crippen molar-refractivity contribution in [3.8, 4) is 0 Å². The molecular weight excluding hydrogens is 330 g/mol. The van der Waals surface area contributed by atoms with E-state index in [1.165, 1.54) is 6.07 Å². The van der Waals surface area contributed by atoms with E-state index in [1.54, 1.807) is 12.1 Å². The summed E-state index contributed by atoms with van der Waals surface area (Å²) in [5.74, 6) is 0.415.